The Morgan fingerprint density at radius 3 is 2.61 bits per heavy atom. The predicted molar refractivity (Wildman–Crippen MR) is 128 cm³/mol. The van der Waals surface area contributed by atoms with Gasteiger partial charge in [0.25, 0.3) is 5.91 Å². The zero-order valence-electron chi connectivity index (χ0n) is 18.7. The Hall–Kier alpha value is -3.74. The molecule has 1 unspecified atom stereocenters. The van der Waals surface area contributed by atoms with Crippen LogP contribution in [0.1, 0.15) is 17.3 Å². The molecule has 0 radical (unpaired) electrons. The SMILES string of the molecule is CC1(COc2ccccc2)COc2ccc(C(=O)N3CCN(c4ccccn4)CC3)cc2N1. The molecule has 0 bridgehead atoms. The Labute approximate surface area is 193 Å². The van der Waals surface area contributed by atoms with Crippen LogP contribution in [0.4, 0.5) is 11.5 Å². The Bertz CT molecular complexity index is 1100. The van der Waals surface area contributed by atoms with Crippen molar-refractivity contribution >= 4 is 17.4 Å². The number of pyridine rings is 1. The van der Waals surface area contributed by atoms with Crippen molar-refractivity contribution in [1.82, 2.24) is 9.88 Å². The molecule has 1 saturated heterocycles. The first-order chi connectivity index (χ1) is 16.1. The van der Waals surface area contributed by atoms with Crippen LogP contribution in [0.25, 0.3) is 0 Å². The second kappa shape index (κ2) is 9.02. The summed E-state index contributed by atoms with van der Waals surface area (Å²) in [6, 6.07) is 21.2. The molecule has 1 amide bonds. The van der Waals surface area contributed by atoms with E-state index in [0.717, 1.165) is 36.1 Å². The second-order valence-corrected chi connectivity index (χ2v) is 8.75. The van der Waals surface area contributed by atoms with Crippen molar-refractivity contribution in [2.75, 3.05) is 49.6 Å². The first-order valence-corrected chi connectivity index (χ1v) is 11.3. The molecule has 2 aliphatic heterocycles. The van der Waals surface area contributed by atoms with E-state index in [1.54, 1.807) is 6.20 Å². The quantitative estimate of drug-likeness (QED) is 0.648. The van der Waals surface area contributed by atoms with Crippen LogP contribution in [0.5, 0.6) is 11.5 Å². The summed E-state index contributed by atoms with van der Waals surface area (Å²) < 4.78 is 11.9. The number of ether oxygens (including phenoxy) is 2. The number of para-hydroxylation sites is 1. The van der Waals surface area contributed by atoms with Crippen LogP contribution in [0.15, 0.2) is 72.9 Å². The molecule has 33 heavy (non-hydrogen) atoms. The third kappa shape index (κ3) is 4.72. The highest BCUT2D eigenvalue weighted by atomic mass is 16.5. The lowest BCUT2D eigenvalue weighted by molar-refractivity contribution is 0.0746. The molecular weight excluding hydrogens is 416 g/mol. The van der Waals surface area contributed by atoms with Crippen molar-refractivity contribution < 1.29 is 14.3 Å². The van der Waals surface area contributed by atoms with Crippen LogP contribution in [-0.2, 0) is 0 Å². The van der Waals surface area contributed by atoms with E-state index in [1.165, 1.54) is 0 Å². The summed E-state index contributed by atoms with van der Waals surface area (Å²) in [6.07, 6.45) is 1.80. The number of hydrogen-bond acceptors (Lipinski definition) is 6. The molecule has 170 valence electrons. The van der Waals surface area contributed by atoms with Crippen molar-refractivity contribution in [3.05, 3.63) is 78.5 Å². The minimum Gasteiger partial charge on any atom is -0.491 e. The van der Waals surface area contributed by atoms with E-state index >= 15 is 0 Å². The van der Waals surface area contributed by atoms with E-state index in [4.69, 9.17) is 9.47 Å². The molecule has 5 rings (SSSR count). The Kier molecular flexibility index (Phi) is 5.77. The predicted octanol–water partition coefficient (Wildman–Crippen LogP) is 3.69. The fourth-order valence-electron chi connectivity index (χ4n) is 4.18. The van der Waals surface area contributed by atoms with Crippen LogP contribution < -0.4 is 19.7 Å². The third-order valence-electron chi connectivity index (χ3n) is 6.05. The monoisotopic (exact) mass is 444 g/mol. The van der Waals surface area contributed by atoms with E-state index in [9.17, 15) is 4.79 Å². The maximum absolute atomic E-state index is 13.2. The molecule has 0 spiro atoms. The van der Waals surface area contributed by atoms with Crippen molar-refractivity contribution in [3.8, 4) is 11.5 Å². The highest BCUT2D eigenvalue weighted by Gasteiger charge is 2.32. The molecule has 1 fully saturated rings. The maximum atomic E-state index is 13.2. The van der Waals surface area contributed by atoms with Gasteiger partial charge in [-0.15, -0.1) is 0 Å². The fourth-order valence-corrected chi connectivity index (χ4v) is 4.18. The van der Waals surface area contributed by atoms with Gasteiger partial charge in [-0.05, 0) is 49.4 Å². The number of rotatable bonds is 5. The molecular formula is C26H28N4O3. The number of hydrogen-bond donors (Lipinski definition) is 1. The summed E-state index contributed by atoms with van der Waals surface area (Å²) in [7, 11) is 0. The van der Waals surface area contributed by atoms with Crippen molar-refractivity contribution in [2.45, 2.75) is 12.5 Å². The van der Waals surface area contributed by atoms with Crippen LogP contribution in [-0.4, -0.2) is 60.7 Å². The second-order valence-electron chi connectivity index (χ2n) is 8.75. The summed E-state index contributed by atoms with van der Waals surface area (Å²) in [5.41, 5.74) is 1.07. The molecule has 3 heterocycles. The van der Waals surface area contributed by atoms with Gasteiger partial charge in [-0.1, -0.05) is 24.3 Å². The average Bonchev–Trinajstić information content (AvgIpc) is 2.88. The molecule has 3 aromatic rings. The number of amides is 1. The standard InChI is InChI=1S/C26H28N4O3/c1-26(18-32-21-7-3-2-4-8-21)19-33-23-11-10-20(17-22(23)28-26)25(31)30-15-13-29(14-16-30)24-9-5-6-12-27-24/h2-12,17,28H,13-16,18-19H2,1H3. The van der Waals surface area contributed by atoms with E-state index < -0.39 is 5.54 Å². The Balaban J connectivity index is 1.23. The maximum Gasteiger partial charge on any atom is 0.254 e. The van der Waals surface area contributed by atoms with E-state index in [-0.39, 0.29) is 5.91 Å². The number of carbonyl (C=O) groups excluding carboxylic acids is 1. The lowest BCUT2D eigenvalue weighted by atomic mass is 10.0. The average molecular weight is 445 g/mol. The molecule has 0 aliphatic carbocycles. The van der Waals surface area contributed by atoms with Crippen LogP contribution in [0.2, 0.25) is 0 Å². The van der Waals surface area contributed by atoms with Gasteiger partial charge in [-0.25, -0.2) is 4.98 Å². The first-order valence-electron chi connectivity index (χ1n) is 11.3. The number of aromatic nitrogens is 1. The van der Waals surface area contributed by atoms with E-state index in [2.05, 4.69) is 22.1 Å². The number of nitrogens with one attached hydrogen (secondary N) is 1. The number of anilines is 2. The van der Waals surface area contributed by atoms with Crippen LogP contribution in [0, 0.1) is 0 Å². The van der Waals surface area contributed by atoms with Crippen molar-refractivity contribution in [3.63, 3.8) is 0 Å². The summed E-state index contributed by atoms with van der Waals surface area (Å²) >= 11 is 0. The summed E-state index contributed by atoms with van der Waals surface area (Å²) in [5.74, 6) is 2.56. The highest BCUT2D eigenvalue weighted by molar-refractivity contribution is 5.96. The lowest BCUT2D eigenvalue weighted by Gasteiger charge is -2.37. The van der Waals surface area contributed by atoms with Gasteiger partial charge >= 0.3 is 0 Å². The van der Waals surface area contributed by atoms with Gasteiger partial charge in [0.05, 0.1) is 5.69 Å². The minimum atomic E-state index is -0.404. The number of piperazine rings is 1. The fraction of sp³-hybridized carbons (Fsp3) is 0.308. The highest BCUT2D eigenvalue weighted by Crippen LogP contribution is 2.34. The zero-order valence-corrected chi connectivity index (χ0v) is 18.7. The Morgan fingerprint density at radius 1 is 1.06 bits per heavy atom. The van der Waals surface area contributed by atoms with Crippen LogP contribution >= 0.6 is 0 Å². The minimum absolute atomic E-state index is 0.0353. The Morgan fingerprint density at radius 2 is 1.85 bits per heavy atom. The van der Waals surface area contributed by atoms with E-state index in [1.807, 2.05) is 71.6 Å². The topological polar surface area (TPSA) is 66.9 Å². The summed E-state index contributed by atoms with van der Waals surface area (Å²) in [6.45, 7) is 5.86. The normalized spacial score (nSPS) is 19.8. The number of nitrogens with zero attached hydrogens (tertiary/aromatic N) is 3. The van der Waals surface area contributed by atoms with E-state index in [0.29, 0.717) is 31.9 Å². The third-order valence-corrected chi connectivity index (χ3v) is 6.05. The van der Waals surface area contributed by atoms with Crippen LogP contribution in [0.3, 0.4) is 0 Å². The van der Waals surface area contributed by atoms with Gasteiger partial charge < -0.3 is 24.6 Å². The first kappa shape index (κ1) is 21.1. The van der Waals surface area contributed by atoms with Gasteiger partial charge in [0.1, 0.15) is 36.1 Å². The lowest BCUT2D eigenvalue weighted by Crippen LogP contribution is -2.49. The largest absolute Gasteiger partial charge is 0.491 e. The van der Waals surface area contributed by atoms with Gasteiger partial charge in [-0.2, -0.15) is 0 Å². The molecule has 1 atom stereocenters. The molecule has 2 aliphatic rings. The smallest absolute Gasteiger partial charge is 0.254 e. The molecule has 7 nitrogen and oxygen atoms in total. The number of fused-ring (bicyclic) bond motifs is 1. The number of benzene rings is 2. The summed E-state index contributed by atoms with van der Waals surface area (Å²) in [4.78, 5) is 21.7. The zero-order chi connectivity index (χ0) is 22.7. The summed E-state index contributed by atoms with van der Waals surface area (Å²) in [5, 5.41) is 3.53. The van der Waals surface area contributed by atoms with Crippen molar-refractivity contribution in [1.29, 1.82) is 0 Å². The van der Waals surface area contributed by atoms with Gasteiger partial charge in [0.15, 0.2) is 0 Å². The number of carbonyl (C=O) groups is 1. The van der Waals surface area contributed by atoms with Gasteiger partial charge in [0, 0.05) is 37.9 Å². The molecule has 2 aromatic carbocycles. The van der Waals surface area contributed by atoms with Gasteiger partial charge in [-0.3, -0.25) is 4.79 Å². The molecule has 0 saturated carbocycles. The van der Waals surface area contributed by atoms with Gasteiger partial charge in [0.2, 0.25) is 0 Å². The molecule has 7 heteroatoms. The molecule has 1 N–H and O–H groups in total. The molecule has 1 aromatic heterocycles. The van der Waals surface area contributed by atoms with Crippen molar-refractivity contribution in [2.24, 2.45) is 0 Å².